The summed E-state index contributed by atoms with van der Waals surface area (Å²) in [6.07, 6.45) is 2.39. The van der Waals surface area contributed by atoms with E-state index in [1.807, 2.05) is 5.38 Å². The monoisotopic (exact) mass is 290 g/mol. The Balaban J connectivity index is 1.84. The topological polar surface area (TPSA) is 24.9 Å². The van der Waals surface area contributed by atoms with E-state index in [1.54, 1.807) is 17.4 Å². The van der Waals surface area contributed by atoms with Gasteiger partial charge in [-0.15, -0.1) is 0 Å². The highest BCUT2D eigenvalue weighted by Gasteiger charge is 2.08. The van der Waals surface area contributed by atoms with Gasteiger partial charge in [0.1, 0.15) is 11.3 Å². The smallest absolute Gasteiger partial charge is 0.152 e. The number of pyridine rings is 1. The lowest BCUT2D eigenvalue weighted by Crippen LogP contribution is -2.05. The van der Waals surface area contributed by atoms with Gasteiger partial charge in [-0.1, -0.05) is 0 Å². The molecule has 0 atom stereocenters. The first kappa shape index (κ1) is 13.0. The van der Waals surface area contributed by atoms with E-state index in [9.17, 15) is 8.78 Å². The molecule has 3 rings (SSSR count). The molecular weight excluding hydrogens is 278 g/mol. The van der Waals surface area contributed by atoms with Gasteiger partial charge in [0.25, 0.3) is 0 Å². The van der Waals surface area contributed by atoms with E-state index in [0.717, 1.165) is 12.5 Å². The molecule has 0 unspecified atom stereocenters. The van der Waals surface area contributed by atoms with Gasteiger partial charge in [-0.2, -0.15) is 11.3 Å². The first-order chi connectivity index (χ1) is 9.74. The molecule has 1 aromatic carbocycles. The van der Waals surface area contributed by atoms with E-state index in [1.165, 1.54) is 17.8 Å². The van der Waals surface area contributed by atoms with Crippen molar-refractivity contribution in [2.45, 2.75) is 6.42 Å². The lowest BCUT2D eigenvalue weighted by molar-refractivity contribution is 0.590. The van der Waals surface area contributed by atoms with Gasteiger partial charge in [-0.25, -0.2) is 8.78 Å². The molecule has 102 valence electrons. The highest BCUT2D eigenvalue weighted by atomic mass is 32.1. The Labute approximate surface area is 119 Å². The van der Waals surface area contributed by atoms with Crippen molar-refractivity contribution in [2.24, 2.45) is 0 Å². The average molecular weight is 290 g/mol. The van der Waals surface area contributed by atoms with Crippen molar-refractivity contribution in [1.82, 2.24) is 4.98 Å². The lowest BCUT2D eigenvalue weighted by atomic mass is 10.1. The molecular formula is C15H12F2N2S. The number of hydrogen-bond acceptors (Lipinski definition) is 3. The summed E-state index contributed by atoms with van der Waals surface area (Å²) in [4.78, 5) is 3.96. The fourth-order valence-corrected chi connectivity index (χ4v) is 2.81. The zero-order valence-corrected chi connectivity index (χ0v) is 11.4. The molecule has 5 heteroatoms. The van der Waals surface area contributed by atoms with Crippen LogP contribution in [0, 0.1) is 11.6 Å². The number of fused-ring (bicyclic) bond motifs is 1. The van der Waals surface area contributed by atoms with Crippen molar-refractivity contribution >= 4 is 27.9 Å². The Kier molecular flexibility index (Phi) is 3.60. The number of nitrogens with one attached hydrogen (secondary N) is 1. The second kappa shape index (κ2) is 5.54. The Morgan fingerprint density at radius 1 is 1.20 bits per heavy atom. The summed E-state index contributed by atoms with van der Waals surface area (Å²) < 4.78 is 27.0. The third-order valence-corrected chi connectivity index (χ3v) is 3.80. The number of rotatable bonds is 4. The Bertz CT molecular complexity index is 726. The molecule has 0 saturated heterocycles. The minimum absolute atomic E-state index is 0.187. The molecule has 0 radical (unpaired) electrons. The second-order valence-electron chi connectivity index (χ2n) is 4.45. The lowest BCUT2D eigenvalue weighted by Gasteiger charge is -2.09. The van der Waals surface area contributed by atoms with E-state index in [2.05, 4.69) is 21.7 Å². The minimum Gasteiger partial charge on any atom is -0.384 e. The number of benzene rings is 1. The standard InChI is InChI=1S/C15H12F2N2S/c16-11-7-12-14(2-5-19-15(12)13(17)8-11)18-4-1-10-3-6-20-9-10/h2-3,5-9H,1,4H2,(H,18,19). The molecule has 0 saturated carbocycles. The SMILES string of the molecule is Fc1cc(F)c2nccc(NCCc3ccsc3)c2c1. The quantitative estimate of drug-likeness (QED) is 0.778. The molecule has 3 aromatic rings. The zero-order chi connectivity index (χ0) is 13.9. The molecule has 0 bridgehead atoms. The number of thiophene rings is 1. The number of hydrogen-bond donors (Lipinski definition) is 1. The molecule has 0 fully saturated rings. The molecule has 0 amide bonds. The van der Waals surface area contributed by atoms with Gasteiger partial charge >= 0.3 is 0 Å². The first-order valence-corrected chi connectivity index (χ1v) is 7.17. The first-order valence-electron chi connectivity index (χ1n) is 6.23. The second-order valence-corrected chi connectivity index (χ2v) is 5.23. The van der Waals surface area contributed by atoms with Gasteiger partial charge in [0.05, 0.1) is 0 Å². The Hall–Kier alpha value is -2.01. The third-order valence-electron chi connectivity index (χ3n) is 3.07. The maximum absolute atomic E-state index is 13.6. The summed E-state index contributed by atoms with van der Waals surface area (Å²) in [7, 11) is 0. The Morgan fingerprint density at radius 3 is 2.90 bits per heavy atom. The van der Waals surface area contributed by atoms with E-state index >= 15 is 0 Å². The van der Waals surface area contributed by atoms with Crippen molar-refractivity contribution in [3.8, 4) is 0 Å². The fraction of sp³-hybridized carbons (Fsp3) is 0.133. The van der Waals surface area contributed by atoms with Crippen LogP contribution in [0.1, 0.15) is 5.56 Å². The van der Waals surface area contributed by atoms with Crippen molar-refractivity contribution in [2.75, 3.05) is 11.9 Å². The normalized spacial score (nSPS) is 10.9. The summed E-state index contributed by atoms with van der Waals surface area (Å²) in [5.74, 6) is -1.23. The summed E-state index contributed by atoms with van der Waals surface area (Å²) in [5, 5.41) is 7.80. The van der Waals surface area contributed by atoms with E-state index in [4.69, 9.17) is 0 Å². The molecule has 2 nitrogen and oxygen atoms in total. The van der Waals surface area contributed by atoms with Crippen molar-refractivity contribution in [1.29, 1.82) is 0 Å². The number of aromatic nitrogens is 1. The van der Waals surface area contributed by atoms with E-state index < -0.39 is 11.6 Å². The van der Waals surface area contributed by atoms with Crippen molar-refractivity contribution in [3.63, 3.8) is 0 Å². The molecule has 0 aliphatic rings. The molecule has 2 heterocycles. The van der Waals surface area contributed by atoms with Crippen LogP contribution in [-0.4, -0.2) is 11.5 Å². The van der Waals surface area contributed by atoms with Crippen LogP contribution < -0.4 is 5.32 Å². The van der Waals surface area contributed by atoms with Crippen LogP contribution in [0.2, 0.25) is 0 Å². The number of anilines is 1. The van der Waals surface area contributed by atoms with Crippen LogP contribution in [0.4, 0.5) is 14.5 Å². The minimum atomic E-state index is -0.638. The van der Waals surface area contributed by atoms with Gasteiger partial charge in [0.2, 0.25) is 0 Å². The van der Waals surface area contributed by atoms with E-state index in [-0.39, 0.29) is 5.52 Å². The molecule has 0 aliphatic heterocycles. The van der Waals surface area contributed by atoms with Gasteiger partial charge in [-0.05, 0) is 40.9 Å². The molecule has 0 spiro atoms. The van der Waals surface area contributed by atoms with Gasteiger partial charge in [0.15, 0.2) is 5.82 Å². The largest absolute Gasteiger partial charge is 0.384 e. The van der Waals surface area contributed by atoms with Gasteiger partial charge in [0, 0.05) is 29.9 Å². The average Bonchev–Trinajstić information content (AvgIpc) is 2.92. The number of halogens is 2. The molecule has 0 aliphatic carbocycles. The maximum atomic E-state index is 13.6. The van der Waals surface area contributed by atoms with Gasteiger partial charge in [-0.3, -0.25) is 4.98 Å². The summed E-state index contributed by atoms with van der Waals surface area (Å²) in [6, 6.07) is 5.95. The highest BCUT2D eigenvalue weighted by molar-refractivity contribution is 7.07. The summed E-state index contributed by atoms with van der Waals surface area (Å²) in [5.41, 5.74) is 2.13. The van der Waals surface area contributed by atoms with Crippen LogP contribution in [0.25, 0.3) is 10.9 Å². The van der Waals surface area contributed by atoms with Crippen LogP contribution in [-0.2, 0) is 6.42 Å². The predicted molar refractivity (Wildman–Crippen MR) is 78.2 cm³/mol. The molecule has 2 aromatic heterocycles. The van der Waals surface area contributed by atoms with Crippen molar-refractivity contribution in [3.05, 3.63) is 58.4 Å². The fourth-order valence-electron chi connectivity index (χ4n) is 2.11. The highest BCUT2D eigenvalue weighted by Crippen LogP contribution is 2.24. The number of nitrogens with zero attached hydrogens (tertiary/aromatic N) is 1. The third kappa shape index (κ3) is 2.63. The predicted octanol–water partition coefficient (Wildman–Crippen LogP) is 4.23. The van der Waals surface area contributed by atoms with Crippen molar-refractivity contribution < 1.29 is 8.78 Å². The summed E-state index contributed by atoms with van der Waals surface area (Å²) in [6.45, 7) is 0.702. The zero-order valence-electron chi connectivity index (χ0n) is 10.6. The molecule has 20 heavy (non-hydrogen) atoms. The summed E-state index contributed by atoms with van der Waals surface area (Å²) >= 11 is 1.66. The van der Waals surface area contributed by atoms with Crippen LogP contribution in [0.15, 0.2) is 41.2 Å². The van der Waals surface area contributed by atoms with Crippen LogP contribution in [0.5, 0.6) is 0 Å². The van der Waals surface area contributed by atoms with Crippen LogP contribution in [0.3, 0.4) is 0 Å². The van der Waals surface area contributed by atoms with E-state index in [0.29, 0.717) is 17.6 Å². The maximum Gasteiger partial charge on any atom is 0.152 e. The molecule has 1 N–H and O–H groups in total. The van der Waals surface area contributed by atoms with Crippen LogP contribution >= 0.6 is 11.3 Å². The van der Waals surface area contributed by atoms with Gasteiger partial charge < -0.3 is 5.32 Å². The Morgan fingerprint density at radius 2 is 2.10 bits per heavy atom.